The van der Waals surface area contributed by atoms with Gasteiger partial charge in [0.15, 0.2) is 0 Å². The van der Waals surface area contributed by atoms with Gasteiger partial charge in [-0.2, -0.15) is 5.10 Å². The zero-order valence-electron chi connectivity index (χ0n) is 15.7. The van der Waals surface area contributed by atoms with E-state index < -0.39 is 0 Å². The van der Waals surface area contributed by atoms with Crippen molar-refractivity contribution in [2.24, 2.45) is 0 Å². The maximum Gasteiger partial charge on any atom is 0.272 e. The largest absolute Gasteiger partial charge is 0.339 e. The summed E-state index contributed by atoms with van der Waals surface area (Å²) < 4.78 is 13.3. The molecule has 0 bridgehead atoms. The molecule has 1 aliphatic heterocycles. The van der Waals surface area contributed by atoms with Gasteiger partial charge in [-0.15, -0.1) is 0 Å². The van der Waals surface area contributed by atoms with Crippen molar-refractivity contribution in [1.82, 2.24) is 25.0 Å². The summed E-state index contributed by atoms with van der Waals surface area (Å²) in [6.45, 7) is 1.78. The second-order valence-electron chi connectivity index (χ2n) is 6.88. The summed E-state index contributed by atoms with van der Waals surface area (Å²) in [5.41, 5.74) is 2.62. The molecule has 3 heterocycles. The Balaban J connectivity index is 1.34. The normalized spacial score (nSPS) is 14.1. The number of benzene rings is 1. The van der Waals surface area contributed by atoms with Gasteiger partial charge in [0.05, 0.1) is 12.1 Å². The molecule has 1 fully saturated rings. The number of nitrogens with one attached hydrogen (secondary N) is 1. The molecule has 0 aliphatic carbocycles. The topological polar surface area (TPSA) is 82.2 Å². The molecular formula is C21H20FN5O2. The monoisotopic (exact) mass is 393 g/mol. The van der Waals surface area contributed by atoms with Crippen LogP contribution in [0.2, 0.25) is 0 Å². The van der Waals surface area contributed by atoms with Crippen molar-refractivity contribution in [2.75, 3.05) is 26.2 Å². The van der Waals surface area contributed by atoms with Crippen LogP contribution in [-0.4, -0.2) is 63.0 Å². The average molecular weight is 393 g/mol. The van der Waals surface area contributed by atoms with Crippen LogP contribution in [0.4, 0.5) is 4.39 Å². The predicted molar refractivity (Wildman–Crippen MR) is 104 cm³/mol. The molecule has 0 unspecified atom stereocenters. The molecule has 3 aromatic rings. The number of hydrogen-bond donors (Lipinski definition) is 1. The SMILES string of the molecule is O=C(Cc1cccc(F)c1)N1CCN(C(=O)c2cc(-c3ccncc3)n[nH]2)CC1. The number of H-pyrrole nitrogens is 1. The molecule has 1 aromatic carbocycles. The second-order valence-corrected chi connectivity index (χ2v) is 6.88. The van der Waals surface area contributed by atoms with Crippen LogP contribution in [0.1, 0.15) is 16.1 Å². The van der Waals surface area contributed by atoms with E-state index in [1.54, 1.807) is 40.4 Å². The van der Waals surface area contributed by atoms with Crippen molar-refractivity contribution < 1.29 is 14.0 Å². The van der Waals surface area contributed by atoms with Gasteiger partial charge in [-0.1, -0.05) is 12.1 Å². The van der Waals surface area contributed by atoms with Crippen molar-refractivity contribution in [3.05, 3.63) is 71.9 Å². The number of piperazine rings is 1. The zero-order chi connectivity index (χ0) is 20.2. The zero-order valence-corrected chi connectivity index (χ0v) is 15.7. The fourth-order valence-corrected chi connectivity index (χ4v) is 3.36. The van der Waals surface area contributed by atoms with E-state index in [0.717, 1.165) is 5.56 Å². The van der Waals surface area contributed by atoms with Crippen LogP contribution in [0.5, 0.6) is 0 Å². The number of aromatic nitrogens is 3. The van der Waals surface area contributed by atoms with E-state index >= 15 is 0 Å². The van der Waals surface area contributed by atoms with E-state index in [1.807, 2.05) is 12.1 Å². The number of hydrogen-bond acceptors (Lipinski definition) is 4. The fourth-order valence-electron chi connectivity index (χ4n) is 3.36. The Bertz CT molecular complexity index is 1010. The lowest BCUT2D eigenvalue weighted by Gasteiger charge is -2.34. The van der Waals surface area contributed by atoms with Crippen LogP contribution in [-0.2, 0) is 11.2 Å². The first-order valence-corrected chi connectivity index (χ1v) is 9.37. The number of pyridine rings is 1. The van der Waals surface area contributed by atoms with Gasteiger partial charge in [0.1, 0.15) is 11.5 Å². The van der Waals surface area contributed by atoms with Gasteiger partial charge in [0.2, 0.25) is 5.91 Å². The number of amides is 2. The van der Waals surface area contributed by atoms with Crippen molar-refractivity contribution in [3.63, 3.8) is 0 Å². The summed E-state index contributed by atoms with van der Waals surface area (Å²) in [6, 6.07) is 11.4. The van der Waals surface area contributed by atoms with Crippen LogP contribution in [0.3, 0.4) is 0 Å². The van der Waals surface area contributed by atoms with Gasteiger partial charge in [0, 0.05) is 44.1 Å². The number of rotatable bonds is 4. The average Bonchev–Trinajstić information content (AvgIpc) is 3.24. The van der Waals surface area contributed by atoms with Crippen molar-refractivity contribution in [2.45, 2.75) is 6.42 Å². The Morgan fingerprint density at radius 2 is 1.72 bits per heavy atom. The van der Waals surface area contributed by atoms with E-state index in [2.05, 4.69) is 15.2 Å². The summed E-state index contributed by atoms with van der Waals surface area (Å²) in [5.74, 6) is -0.560. The number of aromatic amines is 1. The lowest BCUT2D eigenvalue weighted by atomic mass is 10.1. The Labute approximate surface area is 167 Å². The molecule has 0 atom stereocenters. The van der Waals surface area contributed by atoms with E-state index in [1.165, 1.54) is 12.1 Å². The molecular weight excluding hydrogens is 373 g/mol. The van der Waals surface area contributed by atoms with Gasteiger partial charge in [-0.3, -0.25) is 19.7 Å². The molecule has 4 rings (SSSR count). The standard InChI is InChI=1S/C21H20FN5O2/c22-17-3-1-2-15(12-17)13-20(28)26-8-10-27(11-9-26)21(29)19-14-18(24-25-19)16-4-6-23-7-5-16/h1-7,12,14H,8-11,13H2,(H,24,25). The fraction of sp³-hybridized carbons (Fsp3) is 0.238. The minimum atomic E-state index is -0.351. The van der Waals surface area contributed by atoms with Crippen LogP contribution in [0.25, 0.3) is 11.3 Å². The summed E-state index contributed by atoms with van der Waals surface area (Å²) in [4.78, 5) is 32.6. The third-order valence-electron chi connectivity index (χ3n) is 4.95. The van der Waals surface area contributed by atoms with Gasteiger partial charge in [0.25, 0.3) is 5.91 Å². The molecule has 8 heteroatoms. The third-order valence-corrected chi connectivity index (χ3v) is 4.95. The van der Waals surface area contributed by atoms with Crippen LogP contribution in [0, 0.1) is 5.82 Å². The lowest BCUT2D eigenvalue weighted by molar-refractivity contribution is -0.131. The lowest BCUT2D eigenvalue weighted by Crippen LogP contribution is -2.51. The first-order valence-electron chi connectivity index (χ1n) is 9.37. The molecule has 2 amide bonds. The van der Waals surface area contributed by atoms with Crippen LogP contribution in [0.15, 0.2) is 54.9 Å². The number of carbonyl (C=O) groups excluding carboxylic acids is 2. The van der Waals surface area contributed by atoms with E-state index in [0.29, 0.717) is 43.1 Å². The molecule has 1 N–H and O–H groups in total. The van der Waals surface area contributed by atoms with Crippen molar-refractivity contribution in [1.29, 1.82) is 0 Å². The molecule has 2 aromatic heterocycles. The highest BCUT2D eigenvalue weighted by Crippen LogP contribution is 2.18. The highest BCUT2D eigenvalue weighted by atomic mass is 19.1. The Morgan fingerprint density at radius 1 is 1.00 bits per heavy atom. The maximum atomic E-state index is 13.3. The summed E-state index contributed by atoms with van der Waals surface area (Å²) in [7, 11) is 0. The first-order chi connectivity index (χ1) is 14.1. The number of halogens is 1. The number of carbonyl (C=O) groups is 2. The first kappa shape index (κ1) is 18.8. The Morgan fingerprint density at radius 3 is 2.45 bits per heavy atom. The Hall–Kier alpha value is -3.55. The summed E-state index contributed by atoms with van der Waals surface area (Å²) in [6.07, 6.45) is 3.50. The highest BCUT2D eigenvalue weighted by Gasteiger charge is 2.26. The molecule has 7 nitrogen and oxygen atoms in total. The van der Waals surface area contributed by atoms with Crippen molar-refractivity contribution in [3.8, 4) is 11.3 Å². The maximum absolute atomic E-state index is 13.3. The predicted octanol–water partition coefficient (Wildman–Crippen LogP) is 2.14. The molecule has 0 spiro atoms. The second kappa shape index (κ2) is 8.22. The molecule has 1 aliphatic rings. The third kappa shape index (κ3) is 4.31. The quantitative estimate of drug-likeness (QED) is 0.736. The van der Waals surface area contributed by atoms with E-state index in [4.69, 9.17) is 0 Å². The van der Waals surface area contributed by atoms with Crippen LogP contribution < -0.4 is 0 Å². The van der Waals surface area contributed by atoms with Gasteiger partial charge in [-0.25, -0.2) is 4.39 Å². The van der Waals surface area contributed by atoms with Crippen LogP contribution >= 0.6 is 0 Å². The Kier molecular flexibility index (Phi) is 5.33. The van der Waals surface area contributed by atoms with Gasteiger partial charge >= 0.3 is 0 Å². The number of nitrogens with zero attached hydrogens (tertiary/aromatic N) is 4. The van der Waals surface area contributed by atoms with Gasteiger partial charge in [-0.05, 0) is 35.9 Å². The van der Waals surface area contributed by atoms with Gasteiger partial charge < -0.3 is 9.80 Å². The molecule has 0 radical (unpaired) electrons. The molecule has 29 heavy (non-hydrogen) atoms. The highest BCUT2D eigenvalue weighted by molar-refractivity contribution is 5.93. The smallest absolute Gasteiger partial charge is 0.272 e. The minimum Gasteiger partial charge on any atom is -0.339 e. The molecule has 0 saturated carbocycles. The summed E-state index contributed by atoms with van der Waals surface area (Å²) in [5, 5.41) is 7.00. The molecule has 1 saturated heterocycles. The van der Waals surface area contributed by atoms with Crippen molar-refractivity contribution >= 4 is 11.8 Å². The summed E-state index contributed by atoms with van der Waals surface area (Å²) >= 11 is 0. The van der Waals surface area contributed by atoms with E-state index in [-0.39, 0.29) is 24.1 Å². The minimum absolute atomic E-state index is 0.0655. The van der Waals surface area contributed by atoms with E-state index in [9.17, 15) is 14.0 Å². The molecule has 148 valence electrons.